The van der Waals surface area contributed by atoms with Crippen molar-refractivity contribution in [2.24, 2.45) is 0 Å². The Balaban J connectivity index is 1.68. The normalized spacial score (nSPS) is 12.7. The minimum atomic E-state index is -0.549. The maximum atomic E-state index is 13.0. The number of benzene rings is 3. The van der Waals surface area contributed by atoms with Crippen LogP contribution in [0.25, 0.3) is 0 Å². The zero-order valence-corrected chi connectivity index (χ0v) is 15.4. The molecule has 0 bridgehead atoms. The van der Waals surface area contributed by atoms with E-state index in [1.54, 1.807) is 48.5 Å². The molecule has 0 saturated carbocycles. The number of amides is 2. The molecule has 144 valence electrons. The topological polar surface area (TPSA) is 98.9 Å². The summed E-state index contributed by atoms with van der Waals surface area (Å²) in [5.74, 6) is -0.537. The molecule has 7 heteroatoms. The number of fused-ring (bicyclic) bond motifs is 1. The van der Waals surface area contributed by atoms with Gasteiger partial charge in [-0.2, -0.15) is 0 Å². The SMILES string of the molecule is CC(=O)Oc1ccccc1N1C(=O)c2ccc(Oc3cccc(N)c3)cc2C1=O. The highest BCUT2D eigenvalue weighted by Crippen LogP contribution is 2.36. The van der Waals surface area contributed by atoms with Crippen molar-refractivity contribution in [2.45, 2.75) is 6.92 Å². The van der Waals surface area contributed by atoms with Gasteiger partial charge in [-0.25, -0.2) is 4.90 Å². The number of anilines is 2. The predicted molar refractivity (Wildman–Crippen MR) is 106 cm³/mol. The molecule has 29 heavy (non-hydrogen) atoms. The summed E-state index contributed by atoms with van der Waals surface area (Å²) < 4.78 is 10.9. The first-order valence-electron chi connectivity index (χ1n) is 8.78. The van der Waals surface area contributed by atoms with Gasteiger partial charge in [-0.3, -0.25) is 14.4 Å². The molecular weight excluding hydrogens is 372 g/mol. The Hall–Kier alpha value is -4.13. The molecule has 0 fully saturated rings. The van der Waals surface area contributed by atoms with Crippen molar-refractivity contribution in [3.8, 4) is 17.2 Å². The average Bonchev–Trinajstić information content (AvgIpc) is 2.92. The van der Waals surface area contributed by atoms with Gasteiger partial charge in [0, 0.05) is 18.7 Å². The molecule has 0 spiro atoms. The summed E-state index contributed by atoms with van der Waals surface area (Å²) in [7, 11) is 0. The quantitative estimate of drug-likeness (QED) is 0.316. The molecule has 0 radical (unpaired) electrons. The minimum Gasteiger partial charge on any atom is -0.457 e. The number of nitrogens with zero attached hydrogens (tertiary/aromatic N) is 1. The van der Waals surface area contributed by atoms with Gasteiger partial charge in [-0.15, -0.1) is 0 Å². The number of carbonyl (C=O) groups excluding carboxylic acids is 3. The van der Waals surface area contributed by atoms with Gasteiger partial charge in [-0.05, 0) is 42.5 Å². The highest BCUT2D eigenvalue weighted by atomic mass is 16.5. The van der Waals surface area contributed by atoms with Crippen LogP contribution in [0.1, 0.15) is 27.6 Å². The van der Waals surface area contributed by atoms with Gasteiger partial charge in [0.1, 0.15) is 11.5 Å². The Morgan fingerprint density at radius 1 is 0.862 bits per heavy atom. The van der Waals surface area contributed by atoms with Crippen molar-refractivity contribution in [1.82, 2.24) is 0 Å². The molecule has 0 aliphatic carbocycles. The highest BCUT2D eigenvalue weighted by molar-refractivity contribution is 6.35. The molecule has 0 saturated heterocycles. The molecule has 0 atom stereocenters. The Kier molecular flexibility index (Phi) is 4.48. The van der Waals surface area contributed by atoms with Gasteiger partial charge in [0.25, 0.3) is 11.8 Å². The van der Waals surface area contributed by atoms with Crippen LogP contribution in [0.4, 0.5) is 11.4 Å². The van der Waals surface area contributed by atoms with E-state index in [0.717, 1.165) is 4.90 Å². The second kappa shape index (κ2) is 7.12. The standard InChI is InChI=1S/C22H16N2O5/c1-13(25)28-20-8-3-2-7-19(20)24-21(26)17-10-9-16(12-18(17)22(24)27)29-15-6-4-5-14(23)11-15/h2-12H,23H2,1H3. The lowest BCUT2D eigenvalue weighted by Gasteiger charge is -2.17. The highest BCUT2D eigenvalue weighted by Gasteiger charge is 2.38. The average molecular weight is 388 g/mol. The maximum absolute atomic E-state index is 13.0. The molecule has 0 unspecified atom stereocenters. The number of carbonyl (C=O) groups is 3. The van der Waals surface area contributed by atoms with Crippen LogP contribution >= 0.6 is 0 Å². The van der Waals surface area contributed by atoms with E-state index in [2.05, 4.69) is 0 Å². The van der Waals surface area contributed by atoms with Gasteiger partial charge >= 0.3 is 5.97 Å². The molecule has 7 nitrogen and oxygen atoms in total. The molecule has 1 aliphatic heterocycles. The Morgan fingerprint density at radius 3 is 2.34 bits per heavy atom. The van der Waals surface area contributed by atoms with E-state index in [4.69, 9.17) is 15.2 Å². The zero-order valence-electron chi connectivity index (χ0n) is 15.4. The molecule has 0 aromatic heterocycles. The van der Waals surface area contributed by atoms with E-state index in [9.17, 15) is 14.4 Å². The van der Waals surface area contributed by atoms with Crippen LogP contribution in [0.2, 0.25) is 0 Å². The number of ether oxygens (including phenoxy) is 2. The first kappa shape index (κ1) is 18.2. The van der Waals surface area contributed by atoms with Gasteiger partial charge in [-0.1, -0.05) is 18.2 Å². The number of hydrogen-bond donors (Lipinski definition) is 1. The smallest absolute Gasteiger partial charge is 0.308 e. The summed E-state index contributed by atoms with van der Waals surface area (Å²) in [5, 5.41) is 0. The number of hydrogen-bond acceptors (Lipinski definition) is 6. The second-order valence-electron chi connectivity index (χ2n) is 6.39. The largest absolute Gasteiger partial charge is 0.457 e. The number of nitrogen functional groups attached to an aromatic ring is 1. The summed E-state index contributed by atoms with van der Waals surface area (Å²) in [5.41, 5.74) is 6.94. The lowest BCUT2D eigenvalue weighted by molar-refractivity contribution is -0.131. The third-order valence-corrected chi connectivity index (χ3v) is 4.31. The van der Waals surface area contributed by atoms with E-state index >= 15 is 0 Å². The van der Waals surface area contributed by atoms with E-state index in [1.807, 2.05) is 0 Å². The van der Waals surface area contributed by atoms with Crippen molar-refractivity contribution in [1.29, 1.82) is 0 Å². The van der Waals surface area contributed by atoms with Crippen LogP contribution < -0.4 is 20.1 Å². The summed E-state index contributed by atoms with van der Waals surface area (Å²) in [6.45, 7) is 1.25. The van der Waals surface area contributed by atoms with Gasteiger partial charge in [0.2, 0.25) is 0 Å². The number of para-hydroxylation sites is 2. The number of imide groups is 1. The third kappa shape index (κ3) is 3.41. The van der Waals surface area contributed by atoms with Crippen molar-refractivity contribution in [3.63, 3.8) is 0 Å². The zero-order chi connectivity index (χ0) is 20.5. The second-order valence-corrected chi connectivity index (χ2v) is 6.39. The van der Waals surface area contributed by atoms with Crippen molar-refractivity contribution in [2.75, 3.05) is 10.6 Å². The Bertz CT molecular complexity index is 1160. The van der Waals surface area contributed by atoms with Crippen LogP contribution in [0.15, 0.2) is 66.7 Å². The molecule has 2 N–H and O–H groups in total. The lowest BCUT2D eigenvalue weighted by atomic mass is 10.1. The molecule has 3 aromatic carbocycles. The summed E-state index contributed by atoms with van der Waals surface area (Å²) in [6, 6.07) is 17.9. The molecule has 3 aromatic rings. The summed E-state index contributed by atoms with van der Waals surface area (Å²) in [4.78, 5) is 38.2. The van der Waals surface area contributed by atoms with E-state index in [-0.39, 0.29) is 22.6 Å². The van der Waals surface area contributed by atoms with Gasteiger partial charge in [0.15, 0.2) is 5.75 Å². The van der Waals surface area contributed by atoms with Gasteiger partial charge in [0.05, 0.1) is 16.8 Å². The fourth-order valence-corrected chi connectivity index (χ4v) is 3.10. The Labute approximate surface area is 166 Å². The molecule has 2 amide bonds. The van der Waals surface area contributed by atoms with Crippen LogP contribution in [0.5, 0.6) is 17.2 Å². The first-order valence-corrected chi connectivity index (χ1v) is 8.78. The predicted octanol–water partition coefficient (Wildman–Crippen LogP) is 3.79. The van der Waals surface area contributed by atoms with Crippen LogP contribution in [0, 0.1) is 0 Å². The van der Waals surface area contributed by atoms with Gasteiger partial charge < -0.3 is 15.2 Å². The monoisotopic (exact) mass is 388 g/mol. The summed E-state index contributed by atoms with van der Waals surface area (Å²) in [6.07, 6.45) is 0. The fraction of sp³-hybridized carbons (Fsp3) is 0.0455. The Morgan fingerprint density at radius 2 is 1.59 bits per heavy atom. The number of nitrogens with two attached hydrogens (primary N) is 1. The van der Waals surface area contributed by atoms with Crippen LogP contribution in [-0.2, 0) is 4.79 Å². The third-order valence-electron chi connectivity index (χ3n) is 4.31. The summed E-state index contributed by atoms with van der Waals surface area (Å²) >= 11 is 0. The molecule has 1 heterocycles. The molecule has 4 rings (SSSR count). The first-order chi connectivity index (χ1) is 13.9. The lowest BCUT2D eigenvalue weighted by Crippen LogP contribution is -2.30. The van der Waals surface area contributed by atoms with E-state index < -0.39 is 17.8 Å². The minimum absolute atomic E-state index is 0.130. The fourth-order valence-electron chi connectivity index (χ4n) is 3.10. The van der Waals surface area contributed by atoms with Crippen molar-refractivity contribution >= 4 is 29.2 Å². The maximum Gasteiger partial charge on any atom is 0.308 e. The molecule has 1 aliphatic rings. The van der Waals surface area contributed by atoms with Crippen LogP contribution in [0.3, 0.4) is 0 Å². The number of esters is 1. The van der Waals surface area contributed by atoms with Crippen molar-refractivity contribution < 1.29 is 23.9 Å². The van der Waals surface area contributed by atoms with E-state index in [0.29, 0.717) is 17.2 Å². The molecular formula is C22H16N2O5. The van der Waals surface area contributed by atoms with Crippen LogP contribution in [-0.4, -0.2) is 17.8 Å². The van der Waals surface area contributed by atoms with Crippen molar-refractivity contribution in [3.05, 3.63) is 77.9 Å². The number of rotatable bonds is 4. The van der Waals surface area contributed by atoms with E-state index in [1.165, 1.54) is 25.1 Å².